The molecule has 2 aliphatic rings. The molecule has 1 atom stereocenters. The number of benzene rings is 5. The van der Waals surface area contributed by atoms with Crippen LogP contribution in [-0.2, 0) is 22.0 Å². The van der Waals surface area contributed by atoms with Crippen LogP contribution in [0.5, 0.6) is 0 Å². The Morgan fingerprint density at radius 2 is 1.38 bits per heavy atom. The average molecular weight is 656 g/mol. The second-order valence-corrected chi connectivity index (χ2v) is 53.3. The van der Waals surface area contributed by atoms with Crippen LogP contribution in [0.25, 0.3) is 39.1 Å². The third kappa shape index (κ3) is 3.73. The number of fused-ring (bicyclic) bond motifs is 5. The summed E-state index contributed by atoms with van der Waals surface area (Å²) in [5, 5.41) is 2.55. The summed E-state index contributed by atoms with van der Waals surface area (Å²) in [5.41, 5.74) is 12.1. The van der Waals surface area contributed by atoms with Crippen molar-refractivity contribution in [1.82, 2.24) is 0 Å². The van der Waals surface area contributed by atoms with Crippen molar-refractivity contribution in [3.05, 3.63) is 131 Å². The molecule has 0 nitrogen and oxygen atoms in total. The number of allylic oxidation sites excluding steroid dienone is 1. The summed E-state index contributed by atoms with van der Waals surface area (Å²) in [6.07, 6.45) is 4.32. The molecule has 7 rings (SSSR count). The molecule has 0 aromatic heterocycles. The summed E-state index contributed by atoms with van der Waals surface area (Å²) in [4.78, 5) is 0. The van der Waals surface area contributed by atoms with E-state index in [-0.39, 0.29) is 3.63 Å². The quantitative estimate of drug-likeness (QED) is 0.162. The molecule has 199 valence electrons. The van der Waals surface area contributed by atoms with Gasteiger partial charge in [-0.1, -0.05) is 0 Å². The van der Waals surface area contributed by atoms with Gasteiger partial charge >= 0.3 is 248 Å². The van der Waals surface area contributed by atoms with Crippen molar-refractivity contribution in [3.8, 4) is 22.3 Å². The van der Waals surface area contributed by atoms with Crippen molar-refractivity contribution < 1.29 is 15.6 Å². The van der Waals surface area contributed by atoms with Gasteiger partial charge in [0.25, 0.3) is 0 Å². The Hall–Kier alpha value is -2.22. The van der Waals surface area contributed by atoms with Crippen LogP contribution in [0.4, 0.5) is 0 Å². The minimum atomic E-state index is -4.71. The first kappa shape index (κ1) is 26.7. The van der Waals surface area contributed by atoms with Crippen LogP contribution >= 0.6 is 17.0 Å². The molecule has 0 heterocycles. The molecule has 0 aliphatic heterocycles. The van der Waals surface area contributed by atoms with Crippen LogP contribution in [0.1, 0.15) is 39.2 Å². The van der Waals surface area contributed by atoms with E-state index >= 15 is 0 Å². The first-order valence-electron chi connectivity index (χ1n) is 14.4. The zero-order valence-corrected chi connectivity index (χ0v) is 28.3. The fraction of sp³-hybridized carbons (Fsp3) is 0.167. The average Bonchev–Trinajstić information content (AvgIpc) is 3.56. The van der Waals surface area contributed by atoms with E-state index in [2.05, 4.69) is 129 Å². The van der Waals surface area contributed by atoms with Gasteiger partial charge in [-0.25, -0.2) is 0 Å². The minimum absolute atomic E-state index is 0.0987. The van der Waals surface area contributed by atoms with Crippen molar-refractivity contribution in [2.45, 2.75) is 36.5 Å². The van der Waals surface area contributed by atoms with Gasteiger partial charge < -0.3 is 0 Å². The second-order valence-electron chi connectivity index (χ2n) is 11.8. The zero-order chi connectivity index (χ0) is 27.7. The predicted octanol–water partition coefficient (Wildman–Crippen LogP) is 10.2. The Morgan fingerprint density at radius 3 is 2.20 bits per heavy atom. The van der Waals surface area contributed by atoms with E-state index in [1.807, 2.05) is 0 Å². The standard InChI is InChI=1S/C21H17.C13H9.C2H7Si.2ClH.Zr/c1-2-15-13-17-9-6-12-20(21(17)14-15)19-11-5-8-16-7-3-4-10-18(16)19;1-3-7-12-10(5-1)9-11-6-2-4-8-13(11)12;1-3-2;;;/h3-14H,2H2,1H3;1-5,7-8H,9H2;3H,1-2H3;2*1H;/q;;;;;+2/p-2. The van der Waals surface area contributed by atoms with Crippen LogP contribution < -0.4 is 3.27 Å². The molecule has 0 bridgehead atoms. The Morgan fingerprint density at radius 1 is 0.725 bits per heavy atom. The zero-order valence-electron chi connectivity index (χ0n) is 23.2. The molecule has 0 radical (unpaired) electrons. The van der Waals surface area contributed by atoms with Gasteiger partial charge in [0, 0.05) is 0 Å². The van der Waals surface area contributed by atoms with Crippen LogP contribution in [-0.4, -0.2) is 5.92 Å². The van der Waals surface area contributed by atoms with Gasteiger partial charge in [0.05, 0.1) is 0 Å². The van der Waals surface area contributed by atoms with Crippen molar-refractivity contribution >= 4 is 43.1 Å². The topological polar surface area (TPSA) is 0 Å². The number of rotatable bonds is 5. The summed E-state index contributed by atoms with van der Waals surface area (Å²) in [5.74, 6) is -1.57. The van der Waals surface area contributed by atoms with E-state index in [4.69, 9.17) is 17.0 Å². The predicted molar refractivity (Wildman–Crippen MR) is 175 cm³/mol. The normalized spacial score (nSPS) is 16.8. The second kappa shape index (κ2) is 9.67. The van der Waals surface area contributed by atoms with Gasteiger partial charge in [-0.3, -0.25) is 0 Å². The SMILES string of the molecule is CCC1=Cc2c(-c3cccc4ccccc34)cccc2[CH]1[Zr]([Cl])([Cl])([c]1cccc2c1Cc1ccccc1-2)[SiH](C)C. The van der Waals surface area contributed by atoms with Gasteiger partial charge in [-0.15, -0.1) is 0 Å². The molecule has 40 heavy (non-hydrogen) atoms. The van der Waals surface area contributed by atoms with Crippen molar-refractivity contribution in [2.75, 3.05) is 0 Å². The fourth-order valence-electron chi connectivity index (χ4n) is 7.50. The van der Waals surface area contributed by atoms with Crippen LogP contribution in [0.2, 0.25) is 13.1 Å². The molecule has 2 aliphatic carbocycles. The Bertz CT molecular complexity index is 1850. The molecule has 0 fully saturated rings. The third-order valence-corrected chi connectivity index (χ3v) is 59.6. The van der Waals surface area contributed by atoms with Gasteiger partial charge in [0.1, 0.15) is 0 Å². The van der Waals surface area contributed by atoms with E-state index in [0.29, 0.717) is 0 Å². The van der Waals surface area contributed by atoms with Crippen molar-refractivity contribution in [1.29, 1.82) is 0 Å². The summed E-state index contributed by atoms with van der Waals surface area (Å²) >= 11 is -4.71. The number of hydrogen-bond donors (Lipinski definition) is 0. The van der Waals surface area contributed by atoms with Gasteiger partial charge in [0.15, 0.2) is 0 Å². The first-order chi connectivity index (χ1) is 19.3. The third-order valence-electron chi connectivity index (χ3n) is 9.59. The molecule has 0 amide bonds. The molecule has 0 spiro atoms. The first-order valence-corrected chi connectivity index (χ1v) is 30.5. The molecule has 0 N–H and O–H groups in total. The van der Waals surface area contributed by atoms with Crippen LogP contribution in [0.15, 0.2) is 109 Å². The monoisotopic (exact) mass is 653 g/mol. The molecule has 5 aromatic rings. The molecule has 0 saturated carbocycles. The Balaban J connectivity index is 1.47. The maximum absolute atomic E-state index is 8.38. The molecular weight excluding hydrogens is 623 g/mol. The fourth-order valence-corrected chi connectivity index (χ4v) is 35.5. The molecule has 4 heteroatoms. The van der Waals surface area contributed by atoms with Gasteiger partial charge in [-0.05, 0) is 0 Å². The molecule has 1 unspecified atom stereocenters. The summed E-state index contributed by atoms with van der Waals surface area (Å²) in [6, 6.07) is 37.7. The molecular formula is C36H33Cl2SiZr. The van der Waals surface area contributed by atoms with E-state index in [0.717, 1.165) is 12.8 Å². The van der Waals surface area contributed by atoms with Crippen molar-refractivity contribution in [2.24, 2.45) is 0 Å². The van der Waals surface area contributed by atoms with Gasteiger partial charge in [-0.2, -0.15) is 0 Å². The van der Waals surface area contributed by atoms with Crippen molar-refractivity contribution in [3.63, 3.8) is 0 Å². The molecule has 5 aromatic carbocycles. The van der Waals surface area contributed by atoms with E-state index in [1.54, 1.807) is 0 Å². The Labute approximate surface area is 246 Å². The van der Waals surface area contributed by atoms with E-state index < -0.39 is 21.5 Å². The van der Waals surface area contributed by atoms with Gasteiger partial charge in [0.2, 0.25) is 0 Å². The maximum atomic E-state index is 8.38. The number of halogens is 2. The van der Waals surface area contributed by atoms with E-state index in [1.165, 1.54) is 64.1 Å². The summed E-state index contributed by atoms with van der Waals surface area (Å²) in [6.45, 7) is 7.10. The van der Waals surface area contributed by atoms with E-state index in [9.17, 15) is 0 Å². The summed E-state index contributed by atoms with van der Waals surface area (Å²) < 4.78 is 1.41. The van der Waals surface area contributed by atoms with Crippen LogP contribution in [0, 0.1) is 0 Å². The molecule has 0 saturated heterocycles. The summed E-state index contributed by atoms with van der Waals surface area (Å²) in [7, 11) is 16.8. The van der Waals surface area contributed by atoms with Crippen LogP contribution in [0.3, 0.4) is 0 Å². The Kier molecular flexibility index (Phi) is 6.45. The number of hydrogen-bond acceptors (Lipinski definition) is 0.